The predicted octanol–water partition coefficient (Wildman–Crippen LogP) is 2.80. The van der Waals surface area contributed by atoms with Crippen LogP contribution in [-0.4, -0.2) is 52.0 Å². The van der Waals surface area contributed by atoms with Gasteiger partial charge in [0.15, 0.2) is 11.5 Å². The van der Waals surface area contributed by atoms with E-state index in [4.69, 9.17) is 4.42 Å². The van der Waals surface area contributed by atoms with Crippen LogP contribution in [-0.2, 0) is 6.54 Å². The van der Waals surface area contributed by atoms with Gasteiger partial charge in [-0.15, -0.1) is 0 Å². The Morgan fingerprint density at radius 3 is 2.73 bits per heavy atom. The van der Waals surface area contributed by atoms with E-state index in [0.717, 1.165) is 30.7 Å². The highest BCUT2D eigenvalue weighted by Crippen LogP contribution is 2.19. The van der Waals surface area contributed by atoms with Crippen LogP contribution in [0.1, 0.15) is 21.8 Å². The highest BCUT2D eigenvalue weighted by molar-refractivity contribution is 5.97. The Labute approximate surface area is 151 Å². The van der Waals surface area contributed by atoms with Gasteiger partial charge in [-0.05, 0) is 35.9 Å². The van der Waals surface area contributed by atoms with Crippen LogP contribution in [0.25, 0.3) is 11.1 Å². The fourth-order valence-electron chi connectivity index (χ4n) is 3.38. The van der Waals surface area contributed by atoms with E-state index in [1.54, 1.807) is 25.1 Å². The van der Waals surface area contributed by atoms with Crippen molar-refractivity contribution < 1.29 is 14.3 Å². The summed E-state index contributed by atoms with van der Waals surface area (Å²) < 4.78 is 5.53. The summed E-state index contributed by atoms with van der Waals surface area (Å²) in [4.78, 5) is 21.2. The van der Waals surface area contributed by atoms with Crippen molar-refractivity contribution in [1.29, 1.82) is 0 Å². The number of phenols is 1. The highest BCUT2D eigenvalue weighted by atomic mass is 16.3. The number of nitrogens with zero attached hydrogens (tertiary/aromatic N) is 3. The maximum absolute atomic E-state index is 12.8. The molecule has 0 atom stereocenters. The molecule has 0 radical (unpaired) electrons. The van der Waals surface area contributed by atoms with Crippen molar-refractivity contribution in [3.05, 3.63) is 59.5 Å². The number of rotatable bonds is 3. The summed E-state index contributed by atoms with van der Waals surface area (Å²) in [6, 6.07) is 12.7. The molecule has 26 heavy (non-hydrogen) atoms. The number of carbonyl (C=O) groups excluding carboxylic acids is 1. The fourth-order valence-corrected chi connectivity index (χ4v) is 3.38. The maximum atomic E-state index is 12.8. The first-order valence-corrected chi connectivity index (χ1v) is 8.75. The molecule has 2 aromatic carbocycles. The smallest absolute Gasteiger partial charge is 0.254 e. The monoisotopic (exact) mass is 351 g/mol. The van der Waals surface area contributed by atoms with Crippen molar-refractivity contribution in [3.63, 3.8) is 0 Å². The van der Waals surface area contributed by atoms with Gasteiger partial charge in [0.05, 0.1) is 0 Å². The number of fused-ring (bicyclic) bond motifs is 1. The molecular weight excluding hydrogens is 330 g/mol. The average molecular weight is 351 g/mol. The Morgan fingerprint density at radius 2 is 1.96 bits per heavy atom. The zero-order valence-electron chi connectivity index (χ0n) is 14.7. The van der Waals surface area contributed by atoms with E-state index >= 15 is 0 Å². The number of phenolic OH excluding ortho intramolecular Hbond substituents is 1. The quantitative estimate of drug-likeness (QED) is 0.786. The number of aryl methyl sites for hydroxylation is 1. The molecule has 3 aromatic rings. The van der Waals surface area contributed by atoms with Gasteiger partial charge >= 0.3 is 0 Å². The van der Waals surface area contributed by atoms with Crippen LogP contribution < -0.4 is 0 Å². The van der Waals surface area contributed by atoms with E-state index in [0.29, 0.717) is 30.1 Å². The molecule has 6 nitrogen and oxygen atoms in total. The third-order valence-electron chi connectivity index (χ3n) is 4.72. The molecule has 1 aliphatic rings. The molecule has 134 valence electrons. The minimum Gasteiger partial charge on any atom is -0.508 e. The van der Waals surface area contributed by atoms with Gasteiger partial charge in [0.25, 0.3) is 5.91 Å². The van der Waals surface area contributed by atoms with E-state index in [2.05, 4.69) is 9.88 Å². The van der Waals surface area contributed by atoms with Gasteiger partial charge in [-0.1, -0.05) is 12.1 Å². The molecule has 1 amide bonds. The molecule has 0 unspecified atom stereocenters. The molecule has 6 heteroatoms. The molecule has 1 saturated heterocycles. The average Bonchev–Trinajstić information content (AvgIpc) is 3.01. The maximum Gasteiger partial charge on any atom is 0.254 e. The standard InChI is InChI=1S/C20H21N3O3/c1-14-21-18-6-5-16(12-19(18)26-14)20(25)23-9-7-22(8-10-23)13-15-3-2-4-17(24)11-15/h2-6,11-12,24H,7-10,13H2,1H3. The fraction of sp³-hybridized carbons (Fsp3) is 0.300. The van der Waals surface area contributed by atoms with Gasteiger partial charge in [0, 0.05) is 45.2 Å². The van der Waals surface area contributed by atoms with E-state index in [9.17, 15) is 9.90 Å². The van der Waals surface area contributed by atoms with Gasteiger partial charge in [-0.3, -0.25) is 9.69 Å². The number of piperazine rings is 1. The Balaban J connectivity index is 1.39. The van der Waals surface area contributed by atoms with E-state index in [-0.39, 0.29) is 11.7 Å². The minimum absolute atomic E-state index is 0.0259. The molecule has 1 fully saturated rings. The second-order valence-corrected chi connectivity index (χ2v) is 6.65. The molecule has 1 N–H and O–H groups in total. The van der Waals surface area contributed by atoms with E-state index in [1.807, 2.05) is 29.2 Å². The molecule has 0 spiro atoms. The zero-order valence-corrected chi connectivity index (χ0v) is 14.7. The van der Waals surface area contributed by atoms with Crippen LogP contribution in [0.15, 0.2) is 46.9 Å². The van der Waals surface area contributed by atoms with Crippen LogP contribution in [0.3, 0.4) is 0 Å². The molecule has 1 aliphatic heterocycles. The Hall–Kier alpha value is -2.86. The van der Waals surface area contributed by atoms with Crippen molar-refractivity contribution >= 4 is 17.0 Å². The number of hydrogen-bond acceptors (Lipinski definition) is 5. The number of oxazole rings is 1. The van der Waals surface area contributed by atoms with Crippen molar-refractivity contribution in [1.82, 2.24) is 14.8 Å². The van der Waals surface area contributed by atoms with Crippen molar-refractivity contribution in [2.24, 2.45) is 0 Å². The SMILES string of the molecule is Cc1nc2ccc(C(=O)N3CCN(Cc4cccc(O)c4)CC3)cc2o1. The first-order chi connectivity index (χ1) is 12.6. The molecular formula is C20H21N3O3. The van der Waals surface area contributed by atoms with Crippen LogP contribution >= 0.6 is 0 Å². The molecule has 1 aromatic heterocycles. The number of carbonyl (C=O) groups is 1. The van der Waals surface area contributed by atoms with Crippen molar-refractivity contribution in [3.8, 4) is 5.75 Å². The first-order valence-electron chi connectivity index (χ1n) is 8.75. The minimum atomic E-state index is 0.0259. The van der Waals surface area contributed by atoms with Crippen molar-refractivity contribution in [2.45, 2.75) is 13.5 Å². The van der Waals surface area contributed by atoms with Gasteiger partial charge in [0.2, 0.25) is 0 Å². The molecule has 0 bridgehead atoms. The molecule has 2 heterocycles. The Morgan fingerprint density at radius 1 is 1.15 bits per heavy atom. The number of aromatic nitrogens is 1. The topological polar surface area (TPSA) is 69.8 Å². The van der Waals surface area contributed by atoms with Gasteiger partial charge in [-0.2, -0.15) is 0 Å². The highest BCUT2D eigenvalue weighted by Gasteiger charge is 2.22. The van der Waals surface area contributed by atoms with E-state index in [1.165, 1.54) is 0 Å². The third kappa shape index (κ3) is 3.41. The van der Waals surface area contributed by atoms with Crippen LogP contribution in [0.2, 0.25) is 0 Å². The second-order valence-electron chi connectivity index (χ2n) is 6.65. The Bertz CT molecular complexity index is 942. The predicted molar refractivity (Wildman–Crippen MR) is 98.0 cm³/mol. The molecule has 4 rings (SSSR count). The summed E-state index contributed by atoms with van der Waals surface area (Å²) in [6.45, 7) is 5.57. The van der Waals surface area contributed by atoms with Gasteiger partial charge in [-0.25, -0.2) is 4.98 Å². The summed E-state index contributed by atoms with van der Waals surface area (Å²) in [6.07, 6.45) is 0. The summed E-state index contributed by atoms with van der Waals surface area (Å²) >= 11 is 0. The lowest BCUT2D eigenvalue weighted by Gasteiger charge is -2.34. The normalized spacial score (nSPS) is 15.5. The lowest BCUT2D eigenvalue weighted by Crippen LogP contribution is -2.48. The first kappa shape index (κ1) is 16.6. The number of amides is 1. The largest absolute Gasteiger partial charge is 0.508 e. The Kier molecular flexibility index (Phi) is 4.34. The van der Waals surface area contributed by atoms with Crippen LogP contribution in [0, 0.1) is 6.92 Å². The molecule has 0 saturated carbocycles. The number of benzene rings is 2. The second kappa shape index (κ2) is 6.80. The summed E-state index contributed by atoms with van der Waals surface area (Å²) in [5, 5.41) is 9.58. The molecule has 0 aliphatic carbocycles. The number of hydrogen-bond donors (Lipinski definition) is 1. The van der Waals surface area contributed by atoms with Gasteiger partial charge in [0.1, 0.15) is 11.3 Å². The zero-order chi connectivity index (χ0) is 18.1. The summed E-state index contributed by atoms with van der Waals surface area (Å²) in [5.41, 5.74) is 3.14. The van der Waals surface area contributed by atoms with E-state index < -0.39 is 0 Å². The summed E-state index contributed by atoms with van der Waals surface area (Å²) in [5.74, 6) is 0.914. The number of aromatic hydroxyl groups is 1. The van der Waals surface area contributed by atoms with Crippen LogP contribution in [0.5, 0.6) is 5.75 Å². The van der Waals surface area contributed by atoms with Crippen molar-refractivity contribution in [2.75, 3.05) is 26.2 Å². The summed E-state index contributed by atoms with van der Waals surface area (Å²) in [7, 11) is 0. The van der Waals surface area contributed by atoms with Gasteiger partial charge < -0.3 is 14.4 Å². The lowest BCUT2D eigenvalue weighted by molar-refractivity contribution is 0.0628. The van der Waals surface area contributed by atoms with Crippen LogP contribution in [0.4, 0.5) is 0 Å². The lowest BCUT2D eigenvalue weighted by atomic mass is 10.1. The third-order valence-corrected chi connectivity index (χ3v) is 4.72.